The Morgan fingerprint density at radius 1 is 1.64 bits per heavy atom. The normalized spacial score (nSPS) is 23.5. The summed E-state index contributed by atoms with van der Waals surface area (Å²) in [5.74, 6) is -0.107. The number of rotatable bonds is 4. The van der Waals surface area contributed by atoms with Crippen LogP contribution >= 0.6 is 0 Å². The quantitative estimate of drug-likeness (QED) is 0.682. The highest BCUT2D eigenvalue weighted by Crippen LogP contribution is 2.11. The molecular formula is C9H15F2NO2. The van der Waals surface area contributed by atoms with Crippen LogP contribution in [0, 0.1) is 5.92 Å². The van der Waals surface area contributed by atoms with Gasteiger partial charge >= 0.3 is 0 Å². The summed E-state index contributed by atoms with van der Waals surface area (Å²) in [6, 6.07) is 0. The van der Waals surface area contributed by atoms with Crippen LogP contribution in [-0.4, -0.2) is 50.5 Å². The van der Waals surface area contributed by atoms with Gasteiger partial charge in [-0.3, -0.25) is 4.79 Å². The van der Waals surface area contributed by atoms with E-state index in [0.717, 1.165) is 0 Å². The molecule has 1 atom stereocenters. The minimum atomic E-state index is -2.35. The van der Waals surface area contributed by atoms with Gasteiger partial charge in [0.2, 0.25) is 0 Å². The molecule has 0 spiro atoms. The molecule has 0 amide bonds. The first-order chi connectivity index (χ1) is 6.59. The van der Waals surface area contributed by atoms with Crippen molar-refractivity contribution in [2.45, 2.75) is 12.8 Å². The number of ether oxygens (including phenoxy) is 1. The van der Waals surface area contributed by atoms with Gasteiger partial charge in [0, 0.05) is 13.0 Å². The zero-order valence-electron chi connectivity index (χ0n) is 8.21. The number of alkyl halides is 2. The third-order valence-corrected chi connectivity index (χ3v) is 2.25. The Hall–Kier alpha value is -0.550. The Balaban J connectivity index is 2.30. The Morgan fingerprint density at radius 3 is 2.93 bits per heavy atom. The molecule has 0 aromatic heterocycles. The Morgan fingerprint density at radius 2 is 2.36 bits per heavy atom. The molecule has 1 aliphatic heterocycles. The predicted molar refractivity (Wildman–Crippen MR) is 47.4 cm³/mol. The molecule has 1 heterocycles. The van der Waals surface area contributed by atoms with Gasteiger partial charge in [-0.2, -0.15) is 0 Å². The molecule has 3 nitrogen and oxygen atoms in total. The summed E-state index contributed by atoms with van der Waals surface area (Å²) in [7, 11) is 1.59. The van der Waals surface area contributed by atoms with Gasteiger partial charge in [-0.15, -0.1) is 0 Å². The van der Waals surface area contributed by atoms with Crippen molar-refractivity contribution in [3.8, 4) is 0 Å². The van der Waals surface area contributed by atoms with Crippen molar-refractivity contribution in [2.75, 3.05) is 33.4 Å². The maximum Gasteiger partial charge on any atom is 0.251 e. The molecule has 0 aliphatic carbocycles. The van der Waals surface area contributed by atoms with Crippen LogP contribution in [-0.2, 0) is 9.53 Å². The Bertz CT molecular complexity index is 199. The molecule has 0 N–H and O–H groups in total. The van der Waals surface area contributed by atoms with Crippen molar-refractivity contribution in [1.82, 2.24) is 4.90 Å². The Kier molecular flexibility index (Phi) is 4.41. The van der Waals surface area contributed by atoms with E-state index in [0.29, 0.717) is 26.2 Å². The standard InChI is InChI=1S/C9H15F2NO2/c1-12(5-9(10)11)4-7-6-14-3-2-8(7)13/h7,9H,2-6H2,1H3. The fourth-order valence-electron chi connectivity index (χ4n) is 1.54. The fourth-order valence-corrected chi connectivity index (χ4v) is 1.54. The molecule has 0 saturated carbocycles. The lowest BCUT2D eigenvalue weighted by molar-refractivity contribution is -0.131. The van der Waals surface area contributed by atoms with Gasteiger partial charge in [0.05, 0.1) is 25.7 Å². The second-order valence-electron chi connectivity index (χ2n) is 3.60. The number of Topliss-reactive ketones (excluding diaryl/α,β-unsaturated/α-hetero) is 1. The summed E-state index contributed by atoms with van der Waals surface area (Å²) in [6.45, 7) is 0.910. The Labute approximate surface area is 82.0 Å². The molecule has 0 radical (unpaired) electrons. The molecule has 14 heavy (non-hydrogen) atoms. The molecule has 1 saturated heterocycles. The van der Waals surface area contributed by atoms with E-state index < -0.39 is 6.43 Å². The molecule has 1 unspecified atom stereocenters. The molecule has 1 aliphatic rings. The van der Waals surface area contributed by atoms with Crippen molar-refractivity contribution < 1.29 is 18.3 Å². The van der Waals surface area contributed by atoms with Gasteiger partial charge in [0.1, 0.15) is 5.78 Å². The highest BCUT2D eigenvalue weighted by Gasteiger charge is 2.24. The lowest BCUT2D eigenvalue weighted by Gasteiger charge is -2.25. The minimum Gasteiger partial charge on any atom is -0.380 e. The van der Waals surface area contributed by atoms with Crippen molar-refractivity contribution in [3.63, 3.8) is 0 Å². The minimum absolute atomic E-state index is 0.123. The summed E-state index contributed by atoms with van der Waals surface area (Å²) < 4.78 is 29.1. The average Bonchev–Trinajstić information content (AvgIpc) is 2.07. The summed E-state index contributed by atoms with van der Waals surface area (Å²) in [6.07, 6.45) is -1.94. The highest BCUT2D eigenvalue weighted by atomic mass is 19.3. The van der Waals surface area contributed by atoms with Crippen molar-refractivity contribution >= 4 is 5.78 Å². The maximum atomic E-state index is 12.0. The van der Waals surface area contributed by atoms with Crippen LogP contribution in [0.3, 0.4) is 0 Å². The fraction of sp³-hybridized carbons (Fsp3) is 0.889. The van der Waals surface area contributed by atoms with E-state index in [1.54, 1.807) is 7.05 Å². The van der Waals surface area contributed by atoms with Crippen molar-refractivity contribution in [2.24, 2.45) is 5.92 Å². The highest BCUT2D eigenvalue weighted by molar-refractivity contribution is 5.81. The first-order valence-electron chi connectivity index (χ1n) is 4.66. The van der Waals surface area contributed by atoms with E-state index >= 15 is 0 Å². The van der Waals surface area contributed by atoms with Crippen LogP contribution in [0.15, 0.2) is 0 Å². The van der Waals surface area contributed by atoms with E-state index in [9.17, 15) is 13.6 Å². The number of hydrogen-bond donors (Lipinski definition) is 0. The molecular weight excluding hydrogens is 192 g/mol. The van der Waals surface area contributed by atoms with Crippen LogP contribution in [0.2, 0.25) is 0 Å². The number of carbonyl (C=O) groups excluding carboxylic acids is 1. The number of nitrogens with zero attached hydrogens (tertiary/aromatic N) is 1. The van der Waals surface area contributed by atoms with E-state index in [-0.39, 0.29) is 18.2 Å². The molecule has 0 bridgehead atoms. The van der Waals surface area contributed by atoms with Crippen LogP contribution in [0.1, 0.15) is 6.42 Å². The SMILES string of the molecule is CN(CC(F)F)CC1COCCC1=O. The van der Waals surface area contributed by atoms with E-state index in [1.165, 1.54) is 4.90 Å². The molecule has 1 fully saturated rings. The van der Waals surface area contributed by atoms with Gasteiger partial charge in [0.15, 0.2) is 0 Å². The molecule has 0 aromatic carbocycles. The molecule has 0 aromatic rings. The van der Waals surface area contributed by atoms with Crippen LogP contribution in [0.5, 0.6) is 0 Å². The van der Waals surface area contributed by atoms with E-state index in [4.69, 9.17) is 4.74 Å². The van der Waals surface area contributed by atoms with Gasteiger partial charge in [-0.05, 0) is 7.05 Å². The first kappa shape index (κ1) is 11.5. The maximum absolute atomic E-state index is 12.0. The topological polar surface area (TPSA) is 29.5 Å². The van der Waals surface area contributed by atoms with Crippen LogP contribution < -0.4 is 0 Å². The number of hydrogen-bond acceptors (Lipinski definition) is 3. The largest absolute Gasteiger partial charge is 0.380 e. The number of ketones is 1. The van der Waals surface area contributed by atoms with Crippen molar-refractivity contribution in [1.29, 1.82) is 0 Å². The third kappa shape index (κ3) is 3.67. The van der Waals surface area contributed by atoms with Gasteiger partial charge in [-0.1, -0.05) is 0 Å². The monoisotopic (exact) mass is 207 g/mol. The smallest absolute Gasteiger partial charge is 0.251 e. The van der Waals surface area contributed by atoms with Gasteiger partial charge < -0.3 is 9.64 Å². The third-order valence-electron chi connectivity index (χ3n) is 2.25. The van der Waals surface area contributed by atoms with Crippen LogP contribution in [0.4, 0.5) is 8.78 Å². The van der Waals surface area contributed by atoms with Crippen LogP contribution in [0.25, 0.3) is 0 Å². The first-order valence-corrected chi connectivity index (χ1v) is 4.66. The summed E-state index contributed by atoms with van der Waals surface area (Å²) in [5.41, 5.74) is 0. The lowest BCUT2D eigenvalue weighted by atomic mass is 10.0. The summed E-state index contributed by atoms with van der Waals surface area (Å²) in [5, 5.41) is 0. The summed E-state index contributed by atoms with van der Waals surface area (Å²) >= 11 is 0. The van der Waals surface area contributed by atoms with E-state index in [1.807, 2.05) is 0 Å². The zero-order valence-corrected chi connectivity index (χ0v) is 8.21. The second kappa shape index (κ2) is 5.36. The second-order valence-corrected chi connectivity index (χ2v) is 3.60. The van der Waals surface area contributed by atoms with Gasteiger partial charge in [-0.25, -0.2) is 8.78 Å². The van der Waals surface area contributed by atoms with Gasteiger partial charge in [0.25, 0.3) is 6.43 Å². The number of carbonyl (C=O) groups is 1. The number of halogens is 2. The van der Waals surface area contributed by atoms with E-state index in [2.05, 4.69) is 0 Å². The zero-order chi connectivity index (χ0) is 10.6. The lowest BCUT2D eigenvalue weighted by Crippen LogP contribution is -2.38. The van der Waals surface area contributed by atoms with Crippen molar-refractivity contribution in [3.05, 3.63) is 0 Å². The predicted octanol–water partition coefficient (Wildman–Crippen LogP) is 0.789. The molecule has 5 heteroatoms. The molecule has 82 valence electrons. The average molecular weight is 207 g/mol. The molecule has 1 rings (SSSR count). The summed E-state index contributed by atoms with van der Waals surface area (Å²) in [4.78, 5) is 12.8.